The maximum atomic E-state index is 5.67. The fourth-order valence-electron chi connectivity index (χ4n) is 3.31. The molecule has 0 spiro atoms. The second-order valence-corrected chi connectivity index (χ2v) is 6.06. The van der Waals surface area contributed by atoms with Crippen molar-refractivity contribution < 1.29 is 9.47 Å². The lowest BCUT2D eigenvalue weighted by Gasteiger charge is -2.36. The predicted molar refractivity (Wildman–Crippen MR) is 98.6 cm³/mol. The zero-order chi connectivity index (χ0) is 14.7. The smallest absolute Gasteiger partial charge is 0.165 e. The van der Waals surface area contributed by atoms with Gasteiger partial charge in [0, 0.05) is 37.8 Å². The van der Waals surface area contributed by atoms with E-state index in [0.717, 1.165) is 43.6 Å². The van der Waals surface area contributed by atoms with Gasteiger partial charge in [0.05, 0.1) is 14.2 Å². The first kappa shape index (κ1) is 20.4. The van der Waals surface area contributed by atoms with Crippen LogP contribution in [0.3, 0.4) is 0 Å². The van der Waals surface area contributed by atoms with Crippen molar-refractivity contribution in [3.8, 4) is 11.5 Å². The Labute approximate surface area is 151 Å². The fourth-order valence-corrected chi connectivity index (χ4v) is 3.31. The minimum atomic E-state index is 0. The summed E-state index contributed by atoms with van der Waals surface area (Å²) in [6.45, 7) is 4.37. The molecule has 4 nitrogen and oxygen atoms in total. The normalized spacial score (nSPS) is 19.2. The highest BCUT2D eigenvalue weighted by Gasteiger charge is 2.32. The SMILES string of the molecule is COc1cccc([C@@H](CC2CC2)N2CCNCC2)c1OC.Cl.Cl. The molecule has 132 valence electrons. The Bertz CT molecular complexity index is 478. The Hall–Kier alpha value is -0.680. The number of nitrogens with zero attached hydrogens (tertiary/aromatic N) is 1. The third kappa shape index (κ3) is 4.90. The molecule has 3 rings (SSSR count). The first-order valence-electron chi connectivity index (χ1n) is 7.99. The van der Waals surface area contributed by atoms with Crippen molar-refractivity contribution in [3.05, 3.63) is 23.8 Å². The fraction of sp³-hybridized carbons (Fsp3) is 0.647. The summed E-state index contributed by atoms with van der Waals surface area (Å²) in [5.41, 5.74) is 1.28. The number of piperazine rings is 1. The molecule has 0 bridgehead atoms. The summed E-state index contributed by atoms with van der Waals surface area (Å²) < 4.78 is 11.2. The summed E-state index contributed by atoms with van der Waals surface area (Å²) in [5.74, 6) is 2.64. The molecule has 1 heterocycles. The van der Waals surface area contributed by atoms with Gasteiger partial charge < -0.3 is 14.8 Å². The second-order valence-electron chi connectivity index (χ2n) is 6.06. The van der Waals surface area contributed by atoms with E-state index >= 15 is 0 Å². The Morgan fingerprint density at radius 3 is 2.39 bits per heavy atom. The molecule has 1 N–H and O–H groups in total. The standard InChI is InChI=1S/C17H26N2O2.2ClH/c1-20-16-5-3-4-14(17(16)21-2)15(12-13-6-7-13)19-10-8-18-9-11-19;;/h3-5,13,15,18H,6-12H2,1-2H3;2*1H/t15-;;/m1../s1. The molecule has 0 aromatic heterocycles. The number of rotatable bonds is 6. The second kappa shape index (κ2) is 9.58. The van der Waals surface area contributed by atoms with Gasteiger partial charge in [-0.2, -0.15) is 0 Å². The molecule has 2 aliphatic rings. The number of hydrogen-bond donors (Lipinski definition) is 1. The average molecular weight is 363 g/mol. The van der Waals surface area contributed by atoms with E-state index in [2.05, 4.69) is 22.3 Å². The third-order valence-corrected chi connectivity index (χ3v) is 4.64. The van der Waals surface area contributed by atoms with Crippen LogP contribution in [0.5, 0.6) is 11.5 Å². The zero-order valence-corrected chi connectivity index (χ0v) is 15.5. The summed E-state index contributed by atoms with van der Waals surface area (Å²) in [6, 6.07) is 6.72. The molecule has 1 saturated carbocycles. The lowest BCUT2D eigenvalue weighted by Crippen LogP contribution is -2.45. The third-order valence-electron chi connectivity index (χ3n) is 4.64. The van der Waals surface area contributed by atoms with Crippen LogP contribution in [0.4, 0.5) is 0 Å². The van der Waals surface area contributed by atoms with Crippen LogP contribution in [0.1, 0.15) is 30.9 Å². The molecule has 6 heteroatoms. The monoisotopic (exact) mass is 362 g/mol. The quantitative estimate of drug-likeness (QED) is 0.841. The highest BCUT2D eigenvalue weighted by molar-refractivity contribution is 5.85. The van der Waals surface area contributed by atoms with Crippen molar-refractivity contribution in [2.45, 2.75) is 25.3 Å². The lowest BCUT2D eigenvalue weighted by atomic mass is 9.97. The first-order chi connectivity index (χ1) is 10.3. The maximum absolute atomic E-state index is 5.67. The molecular formula is C17H28Cl2N2O2. The van der Waals surface area contributed by atoms with E-state index < -0.39 is 0 Å². The first-order valence-corrected chi connectivity index (χ1v) is 7.99. The Kier molecular flexibility index (Phi) is 8.48. The summed E-state index contributed by atoms with van der Waals surface area (Å²) in [5, 5.41) is 3.44. The largest absolute Gasteiger partial charge is 0.493 e. The molecular weight excluding hydrogens is 335 g/mol. The number of methoxy groups -OCH3 is 2. The van der Waals surface area contributed by atoms with Gasteiger partial charge in [-0.25, -0.2) is 0 Å². The molecule has 0 radical (unpaired) electrons. The number of ether oxygens (including phenoxy) is 2. The van der Waals surface area contributed by atoms with E-state index in [9.17, 15) is 0 Å². The van der Waals surface area contributed by atoms with Crippen LogP contribution in [0, 0.1) is 5.92 Å². The molecule has 0 amide bonds. The Morgan fingerprint density at radius 2 is 1.83 bits per heavy atom. The van der Waals surface area contributed by atoms with Crippen LogP contribution in [0.25, 0.3) is 0 Å². The van der Waals surface area contributed by atoms with E-state index in [1.807, 2.05) is 6.07 Å². The molecule has 2 fully saturated rings. The molecule has 1 atom stereocenters. The zero-order valence-electron chi connectivity index (χ0n) is 13.9. The van der Waals surface area contributed by atoms with E-state index in [1.165, 1.54) is 24.8 Å². The van der Waals surface area contributed by atoms with Crippen molar-refractivity contribution in [3.63, 3.8) is 0 Å². The van der Waals surface area contributed by atoms with Gasteiger partial charge in [-0.3, -0.25) is 4.90 Å². The molecule has 1 aromatic carbocycles. The minimum Gasteiger partial charge on any atom is -0.493 e. The van der Waals surface area contributed by atoms with E-state index in [4.69, 9.17) is 9.47 Å². The van der Waals surface area contributed by atoms with Crippen LogP contribution in [-0.2, 0) is 0 Å². The van der Waals surface area contributed by atoms with Gasteiger partial charge >= 0.3 is 0 Å². The summed E-state index contributed by atoms with van der Waals surface area (Å²) in [7, 11) is 3.45. The van der Waals surface area contributed by atoms with E-state index in [0.29, 0.717) is 6.04 Å². The van der Waals surface area contributed by atoms with E-state index in [-0.39, 0.29) is 24.8 Å². The van der Waals surface area contributed by atoms with Gasteiger partial charge in [-0.15, -0.1) is 24.8 Å². The van der Waals surface area contributed by atoms with Gasteiger partial charge in [0.2, 0.25) is 0 Å². The van der Waals surface area contributed by atoms with E-state index in [1.54, 1.807) is 14.2 Å². The topological polar surface area (TPSA) is 33.7 Å². The van der Waals surface area contributed by atoms with Crippen LogP contribution in [0.15, 0.2) is 18.2 Å². The lowest BCUT2D eigenvalue weighted by molar-refractivity contribution is 0.157. The number of para-hydroxylation sites is 1. The maximum Gasteiger partial charge on any atom is 0.165 e. The number of hydrogen-bond acceptors (Lipinski definition) is 4. The van der Waals surface area contributed by atoms with Crippen molar-refractivity contribution in [2.24, 2.45) is 5.92 Å². The molecule has 0 unspecified atom stereocenters. The average Bonchev–Trinajstić information content (AvgIpc) is 3.36. The summed E-state index contributed by atoms with van der Waals surface area (Å²) in [4.78, 5) is 2.60. The van der Waals surface area contributed by atoms with Crippen LogP contribution < -0.4 is 14.8 Å². The number of benzene rings is 1. The van der Waals surface area contributed by atoms with Crippen LogP contribution in [0.2, 0.25) is 0 Å². The minimum absolute atomic E-state index is 0. The molecule has 1 aromatic rings. The van der Waals surface area contributed by atoms with Gasteiger partial charge in [0.25, 0.3) is 0 Å². The molecule has 1 aliphatic carbocycles. The molecule has 1 saturated heterocycles. The Balaban J connectivity index is 0.00000132. The van der Waals surface area contributed by atoms with Gasteiger partial charge in [-0.05, 0) is 18.4 Å². The van der Waals surface area contributed by atoms with Crippen molar-refractivity contribution in [1.29, 1.82) is 0 Å². The predicted octanol–water partition coefficient (Wildman–Crippen LogP) is 3.29. The van der Waals surface area contributed by atoms with Crippen molar-refractivity contribution in [1.82, 2.24) is 10.2 Å². The summed E-state index contributed by atoms with van der Waals surface area (Å²) >= 11 is 0. The number of halogens is 2. The van der Waals surface area contributed by atoms with Gasteiger partial charge in [-0.1, -0.05) is 25.0 Å². The van der Waals surface area contributed by atoms with Gasteiger partial charge in [0.1, 0.15) is 0 Å². The Morgan fingerprint density at radius 1 is 1.13 bits per heavy atom. The molecule has 23 heavy (non-hydrogen) atoms. The summed E-state index contributed by atoms with van der Waals surface area (Å²) in [6.07, 6.45) is 4.01. The highest BCUT2D eigenvalue weighted by atomic mass is 35.5. The molecule has 1 aliphatic heterocycles. The van der Waals surface area contributed by atoms with Crippen LogP contribution >= 0.6 is 24.8 Å². The number of nitrogens with one attached hydrogen (secondary N) is 1. The highest BCUT2D eigenvalue weighted by Crippen LogP contribution is 2.44. The van der Waals surface area contributed by atoms with Gasteiger partial charge in [0.15, 0.2) is 11.5 Å². The van der Waals surface area contributed by atoms with Crippen molar-refractivity contribution in [2.75, 3.05) is 40.4 Å². The van der Waals surface area contributed by atoms with Crippen LogP contribution in [-0.4, -0.2) is 45.3 Å². The van der Waals surface area contributed by atoms with Crippen molar-refractivity contribution >= 4 is 24.8 Å².